The van der Waals surface area contributed by atoms with E-state index in [0.29, 0.717) is 47.2 Å². The normalized spacial score (nSPS) is 24.0. The number of carbonyl (C=O) groups excluding carboxylic acids is 3. The van der Waals surface area contributed by atoms with E-state index < -0.39 is 12.1 Å². The maximum atomic E-state index is 13.6. The van der Waals surface area contributed by atoms with Crippen molar-refractivity contribution in [1.82, 2.24) is 20.5 Å². The monoisotopic (exact) mass is 501 g/mol. The highest BCUT2D eigenvalue weighted by Gasteiger charge is 2.52. The Morgan fingerprint density at radius 1 is 1.32 bits per heavy atom. The molecule has 0 bridgehead atoms. The fourth-order valence-corrected chi connectivity index (χ4v) is 5.90. The molecule has 1 spiro atoms. The van der Waals surface area contributed by atoms with Crippen molar-refractivity contribution in [2.45, 2.75) is 50.6 Å². The van der Waals surface area contributed by atoms with Crippen LogP contribution in [0.25, 0.3) is 10.9 Å². The maximum Gasteiger partial charge on any atom is 0.271 e. The molecular weight excluding hydrogens is 477 g/mol. The molecule has 178 valence electrons. The van der Waals surface area contributed by atoms with Crippen LogP contribution in [-0.4, -0.2) is 52.8 Å². The van der Waals surface area contributed by atoms with E-state index >= 15 is 0 Å². The zero-order valence-corrected chi connectivity index (χ0v) is 20.0. The molecule has 1 aromatic carbocycles. The standard InChI is InChI=1S/C24H25Cl2N5O3/c25-16-3-2-13-9-17(30-20(13)19(16)26)23(34)31-12-24(5-1-6-24)10-18(31)22(33)29-15(11-27)8-14-4-7-28-21(14)32/h2-3,9,14-15,18,30H,1,4-8,10,12H2,(H,28,32)(H,29,33)/t14-,15-,18-/m0/s1. The molecule has 2 aromatic rings. The van der Waals surface area contributed by atoms with Gasteiger partial charge in [-0.25, -0.2) is 0 Å². The number of fused-ring (bicyclic) bond motifs is 1. The van der Waals surface area contributed by atoms with Gasteiger partial charge in [0.05, 0.1) is 21.6 Å². The van der Waals surface area contributed by atoms with Crippen LogP contribution in [0.3, 0.4) is 0 Å². The molecule has 3 atom stereocenters. The average molecular weight is 502 g/mol. The number of nitriles is 1. The van der Waals surface area contributed by atoms with Crippen LogP contribution in [-0.2, 0) is 9.59 Å². The molecule has 3 amide bonds. The molecule has 3 fully saturated rings. The van der Waals surface area contributed by atoms with Crippen LogP contribution < -0.4 is 10.6 Å². The SMILES string of the molecule is N#C[C@H](C[C@@H]1CCNC1=O)NC(=O)[C@@H]1CC2(CCC2)CN1C(=O)c1cc2ccc(Cl)c(Cl)c2[nH]1. The van der Waals surface area contributed by atoms with Gasteiger partial charge in [0, 0.05) is 24.4 Å². The van der Waals surface area contributed by atoms with Crippen LogP contribution in [0, 0.1) is 22.7 Å². The Balaban J connectivity index is 1.36. The van der Waals surface area contributed by atoms with E-state index in [2.05, 4.69) is 21.7 Å². The lowest BCUT2D eigenvalue weighted by molar-refractivity contribution is -0.126. The number of aromatic nitrogens is 1. The van der Waals surface area contributed by atoms with Gasteiger partial charge in [0.2, 0.25) is 11.8 Å². The van der Waals surface area contributed by atoms with Crippen LogP contribution in [0.4, 0.5) is 0 Å². The Labute approximate surface area is 206 Å². The Kier molecular flexibility index (Phi) is 5.95. The molecule has 10 heteroatoms. The number of hydrogen-bond donors (Lipinski definition) is 3. The van der Waals surface area contributed by atoms with E-state index in [9.17, 15) is 19.6 Å². The number of H-pyrrole nitrogens is 1. The molecule has 2 saturated heterocycles. The van der Waals surface area contributed by atoms with E-state index in [1.807, 2.05) is 0 Å². The van der Waals surface area contributed by atoms with Gasteiger partial charge in [0.25, 0.3) is 5.91 Å². The van der Waals surface area contributed by atoms with Crippen molar-refractivity contribution in [2.24, 2.45) is 11.3 Å². The second-order valence-corrected chi connectivity index (χ2v) is 10.5. The Morgan fingerprint density at radius 2 is 2.12 bits per heavy atom. The van der Waals surface area contributed by atoms with Crippen molar-refractivity contribution >= 4 is 51.8 Å². The highest BCUT2D eigenvalue weighted by molar-refractivity contribution is 6.45. The first-order valence-corrected chi connectivity index (χ1v) is 12.3. The quantitative estimate of drug-likeness (QED) is 0.581. The predicted molar refractivity (Wildman–Crippen MR) is 127 cm³/mol. The number of amides is 3. The van der Waals surface area contributed by atoms with E-state index in [0.717, 1.165) is 24.6 Å². The van der Waals surface area contributed by atoms with Crippen LogP contribution in [0.2, 0.25) is 10.0 Å². The van der Waals surface area contributed by atoms with Crippen molar-refractivity contribution in [3.63, 3.8) is 0 Å². The van der Waals surface area contributed by atoms with E-state index in [-0.39, 0.29) is 35.5 Å². The Morgan fingerprint density at radius 3 is 2.76 bits per heavy atom. The third-order valence-corrected chi connectivity index (χ3v) is 8.36. The van der Waals surface area contributed by atoms with Crippen LogP contribution in [0.1, 0.15) is 49.0 Å². The number of hydrogen-bond acceptors (Lipinski definition) is 4. The smallest absolute Gasteiger partial charge is 0.271 e. The van der Waals surface area contributed by atoms with Crippen LogP contribution in [0.5, 0.6) is 0 Å². The van der Waals surface area contributed by atoms with Crippen LogP contribution in [0.15, 0.2) is 18.2 Å². The summed E-state index contributed by atoms with van der Waals surface area (Å²) in [5, 5.41) is 16.7. The largest absolute Gasteiger partial charge is 0.356 e. The molecule has 1 aromatic heterocycles. The van der Waals surface area contributed by atoms with Gasteiger partial charge in [-0.1, -0.05) is 35.7 Å². The summed E-state index contributed by atoms with van der Waals surface area (Å²) in [6.07, 6.45) is 4.50. The highest BCUT2D eigenvalue weighted by Crippen LogP contribution is 2.50. The molecule has 0 radical (unpaired) electrons. The molecule has 34 heavy (non-hydrogen) atoms. The number of likely N-dealkylation sites (tertiary alicyclic amines) is 1. The van der Waals surface area contributed by atoms with Gasteiger partial charge in [-0.3, -0.25) is 14.4 Å². The van der Waals surface area contributed by atoms with Gasteiger partial charge >= 0.3 is 0 Å². The van der Waals surface area contributed by atoms with E-state index in [1.165, 1.54) is 0 Å². The average Bonchev–Trinajstić information content (AvgIpc) is 3.52. The lowest BCUT2D eigenvalue weighted by Gasteiger charge is -2.37. The lowest BCUT2D eigenvalue weighted by Crippen LogP contribution is -2.49. The number of aromatic amines is 1. The molecule has 3 N–H and O–H groups in total. The summed E-state index contributed by atoms with van der Waals surface area (Å²) in [5.41, 5.74) is 0.862. The van der Waals surface area contributed by atoms with Crippen molar-refractivity contribution < 1.29 is 14.4 Å². The lowest BCUT2D eigenvalue weighted by atomic mass is 9.67. The van der Waals surface area contributed by atoms with Gasteiger partial charge in [-0.05, 0) is 49.7 Å². The second-order valence-electron chi connectivity index (χ2n) is 9.72. The zero-order chi connectivity index (χ0) is 24.0. The first kappa shape index (κ1) is 23.0. The number of nitrogens with zero attached hydrogens (tertiary/aromatic N) is 2. The van der Waals surface area contributed by atoms with Gasteiger partial charge in [0.15, 0.2) is 0 Å². The summed E-state index contributed by atoms with van der Waals surface area (Å²) in [5.74, 6) is -0.999. The number of halogens is 2. The van der Waals surface area contributed by atoms with Crippen molar-refractivity contribution in [2.75, 3.05) is 13.1 Å². The molecule has 3 aliphatic rings. The molecule has 2 aliphatic heterocycles. The summed E-state index contributed by atoms with van der Waals surface area (Å²) in [6.45, 7) is 1.08. The minimum atomic E-state index is -0.787. The molecule has 1 aliphatic carbocycles. The number of rotatable bonds is 5. The number of nitrogens with one attached hydrogen (secondary N) is 3. The minimum Gasteiger partial charge on any atom is -0.356 e. The topological polar surface area (TPSA) is 118 Å². The summed E-state index contributed by atoms with van der Waals surface area (Å²) in [4.78, 5) is 43.5. The van der Waals surface area contributed by atoms with Gasteiger partial charge in [-0.15, -0.1) is 0 Å². The first-order valence-electron chi connectivity index (χ1n) is 11.6. The van der Waals surface area contributed by atoms with Gasteiger partial charge < -0.3 is 20.5 Å². The predicted octanol–water partition coefficient (Wildman–Crippen LogP) is 3.39. The third kappa shape index (κ3) is 4.01. The molecule has 1 saturated carbocycles. The molecule has 5 rings (SSSR count). The summed E-state index contributed by atoms with van der Waals surface area (Å²) in [6, 6.07) is 5.83. The van der Waals surface area contributed by atoms with Crippen molar-refractivity contribution in [3.8, 4) is 6.07 Å². The minimum absolute atomic E-state index is 0.0574. The Bertz CT molecular complexity index is 1220. The fraction of sp³-hybridized carbons (Fsp3) is 0.500. The maximum absolute atomic E-state index is 13.6. The highest BCUT2D eigenvalue weighted by atomic mass is 35.5. The summed E-state index contributed by atoms with van der Waals surface area (Å²) in [7, 11) is 0. The summed E-state index contributed by atoms with van der Waals surface area (Å²) >= 11 is 12.4. The van der Waals surface area contributed by atoms with Crippen molar-refractivity contribution in [3.05, 3.63) is 33.9 Å². The first-order chi connectivity index (χ1) is 16.3. The van der Waals surface area contributed by atoms with E-state index in [4.69, 9.17) is 23.2 Å². The number of carbonyl (C=O) groups is 3. The summed E-state index contributed by atoms with van der Waals surface area (Å²) < 4.78 is 0. The van der Waals surface area contributed by atoms with E-state index in [1.54, 1.807) is 23.1 Å². The zero-order valence-electron chi connectivity index (χ0n) is 18.5. The van der Waals surface area contributed by atoms with Crippen LogP contribution >= 0.6 is 23.2 Å². The fourth-order valence-electron chi connectivity index (χ4n) is 5.52. The number of benzene rings is 1. The molecular formula is C24H25Cl2N5O3. The molecule has 3 heterocycles. The van der Waals surface area contributed by atoms with Gasteiger partial charge in [0.1, 0.15) is 17.8 Å². The molecule has 8 nitrogen and oxygen atoms in total. The second kappa shape index (κ2) is 8.79. The van der Waals surface area contributed by atoms with Gasteiger partial charge in [-0.2, -0.15) is 5.26 Å². The third-order valence-electron chi connectivity index (χ3n) is 7.56. The molecule has 0 unspecified atom stereocenters. The Hall–Kier alpha value is -2.76. The van der Waals surface area contributed by atoms with Crippen molar-refractivity contribution in [1.29, 1.82) is 5.26 Å².